The second-order valence-corrected chi connectivity index (χ2v) is 4.88. The molecule has 1 aliphatic heterocycles. The molecular formula is C15H21NO2. The quantitative estimate of drug-likeness (QED) is 0.812. The van der Waals surface area contributed by atoms with Crippen molar-refractivity contribution in [2.75, 3.05) is 18.5 Å². The van der Waals surface area contributed by atoms with Crippen LogP contribution in [0.2, 0.25) is 0 Å². The molecule has 2 unspecified atom stereocenters. The van der Waals surface area contributed by atoms with Crippen molar-refractivity contribution < 1.29 is 9.53 Å². The van der Waals surface area contributed by atoms with Gasteiger partial charge in [-0.25, -0.2) is 0 Å². The van der Waals surface area contributed by atoms with Gasteiger partial charge in [-0.15, -0.1) is 0 Å². The van der Waals surface area contributed by atoms with Gasteiger partial charge in [-0.3, -0.25) is 4.79 Å². The Labute approximate surface area is 109 Å². The SMILES string of the molecule is CCC1OCCC1CNc1ccc(C(C)=O)cc1. The normalized spacial score (nSPS) is 23.0. The summed E-state index contributed by atoms with van der Waals surface area (Å²) in [6.45, 7) is 5.58. The molecule has 1 fully saturated rings. The number of ether oxygens (including phenoxy) is 1. The molecule has 0 saturated carbocycles. The van der Waals surface area contributed by atoms with Crippen LogP contribution in [-0.4, -0.2) is 25.0 Å². The van der Waals surface area contributed by atoms with Crippen molar-refractivity contribution in [3.8, 4) is 0 Å². The molecule has 98 valence electrons. The third-order valence-electron chi connectivity index (χ3n) is 3.61. The van der Waals surface area contributed by atoms with E-state index in [1.165, 1.54) is 0 Å². The fourth-order valence-corrected chi connectivity index (χ4v) is 2.45. The van der Waals surface area contributed by atoms with Gasteiger partial charge in [0.1, 0.15) is 0 Å². The number of anilines is 1. The second kappa shape index (κ2) is 6.01. The summed E-state index contributed by atoms with van der Waals surface area (Å²) >= 11 is 0. The van der Waals surface area contributed by atoms with Crippen molar-refractivity contribution in [1.29, 1.82) is 0 Å². The molecule has 1 aromatic rings. The molecule has 0 amide bonds. The molecule has 1 aromatic carbocycles. The van der Waals surface area contributed by atoms with Crippen LogP contribution in [-0.2, 0) is 4.74 Å². The van der Waals surface area contributed by atoms with Gasteiger partial charge in [0.25, 0.3) is 0 Å². The standard InChI is InChI=1S/C15H21NO2/c1-3-15-13(8-9-18-15)10-16-14-6-4-12(5-7-14)11(2)17/h4-7,13,15-16H,3,8-10H2,1-2H3. The summed E-state index contributed by atoms with van der Waals surface area (Å²) in [5.74, 6) is 0.708. The van der Waals surface area contributed by atoms with Crippen LogP contribution in [0, 0.1) is 5.92 Å². The van der Waals surface area contributed by atoms with E-state index >= 15 is 0 Å². The Bertz CT molecular complexity index is 399. The summed E-state index contributed by atoms with van der Waals surface area (Å²) in [5.41, 5.74) is 1.83. The Kier molecular flexibility index (Phi) is 4.37. The Morgan fingerprint density at radius 3 is 2.72 bits per heavy atom. The molecule has 1 N–H and O–H groups in total. The third-order valence-corrected chi connectivity index (χ3v) is 3.61. The molecule has 1 aliphatic rings. The molecule has 3 heteroatoms. The Balaban J connectivity index is 1.88. The van der Waals surface area contributed by atoms with E-state index in [4.69, 9.17) is 4.74 Å². The lowest BCUT2D eigenvalue weighted by molar-refractivity contribution is 0.0900. The number of nitrogens with one attached hydrogen (secondary N) is 1. The van der Waals surface area contributed by atoms with Gasteiger partial charge in [-0.2, -0.15) is 0 Å². The minimum Gasteiger partial charge on any atom is -0.385 e. The summed E-state index contributed by atoms with van der Waals surface area (Å²) in [5, 5.41) is 3.43. The highest BCUT2D eigenvalue weighted by molar-refractivity contribution is 5.94. The molecule has 18 heavy (non-hydrogen) atoms. The number of rotatable bonds is 5. The highest BCUT2D eigenvalue weighted by atomic mass is 16.5. The third kappa shape index (κ3) is 3.10. The molecule has 2 atom stereocenters. The number of carbonyl (C=O) groups is 1. The summed E-state index contributed by atoms with van der Waals surface area (Å²) in [4.78, 5) is 11.2. The number of ketones is 1. The van der Waals surface area contributed by atoms with Crippen molar-refractivity contribution in [3.63, 3.8) is 0 Å². The van der Waals surface area contributed by atoms with E-state index in [-0.39, 0.29) is 5.78 Å². The molecule has 0 spiro atoms. The molecule has 0 aromatic heterocycles. The van der Waals surface area contributed by atoms with Crippen LogP contribution in [0.1, 0.15) is 37.0 Å². The van der Waals surface area contributed by atoms with E-state index < -0.39 is 0 Å². The Morgan fingerprint density at radius 2 is 2.11 bits per heavy atom. The lowest BCUT2D eigenvalue weighted by Crippen LogP contribution is -2.22. The maximum atomic E-state index is 11.2. The van der Waals surface area contributed by atoms with Gasteiger partial charge in [-0.1, -0.05) is 6.92 Å². The van der Waals surface area contributed by atoms with E-state index in [9.17, 15) is 4.79 Å². The molecular weight excluding hydrogens is 226 g/mol. The summed E-state index contributed by atoms with van der Waals surface area (Å²) in [7, 11) is 0. The lowest BCUT2D eigenvalue weighted by Gasteiger charge is -2.18. The maximum absolute atomic E-state index is 11.2. The van der Waals surface area contributed by atoms with Crippen molar-refractivity contribution in [2.45, 2.75) is 32.8 Å². The van der Waals surface area contributed by atoms with E-state index in [1.807, 2.05) is 24.3 Å². The largest absolute Gasteiger partial charge is 0.385 e. The van der Waals surface area contributed by atoms with Crippen LogP contribution in [0.25, 0.3) is 0 Å². The average molecular weight is 247 g/mol. The molecule has 1 heterocycles. The molecule has 0 aliphatic carbocycles. The zero-order chi connectivity index (χ0) is 13.0. The van der Waals surface area contributed by atoms with E-state index in [0.29, 0.717) is 12.0 Å². The first-order valence-electron chi connectivity index (χ1n) is 6.67. The number of Topliss-reactive ketones (excluding diaryl/α,β-unsaturated/α-hetero) is 1. The first-order valence-corrected chi connectivity index (χ1v) is 6.67. The fourth-order valence-electron chi connectivity index (χ4n) is 2.45. The zero-order valence-corrected chi connectivity index (χ0v) is 11.1. The maximum Gasteiger partial charge on any atom is 0.159 e. The van der Waals surface area contributed by atoms with E-state index in [0.717, 1.165) is 37.2 Å². The van der Waals surface area contributed by atoms with Gasteiger partial charge in [0.2, 0.25) is 0 Å². The number of carbonyl (C=O) groups excluding carboxylic acids is 1. The van der Waals surface area contributed by atoms with Crippen LogP contribution in [0.5, 0.6) is 0 Å². The Morgan fingerprint density at radius 1 is 1.39 bits per heavy atom. The molecule has 0 bridgehead atoms. The minimum atomic E-state index is 0.108. The van der Waals surface area contributed by atoms with Gasteiger partial charge in [0, 0.05) is 30.3 Å². The minimum absolute atomic E-state index is 0.108. The van der Waals surface area contributed by atoms with Crippen LogP contribution in [0.4, 0.5) is 5.69 Å². The van der Waals surface area contributed by atoms with Crippen LogP contribution < -0.4 is 5.32 Å². The van der Waals surface area contributed by atoms with Crippen molar-refractivity contribution in [3.05, 3.63) is 29.8 Å². The second-order valence-electron chi connectivity index (χ2n) is 4.88. The average Bonchev–Trinajstić information content (AvgIpc) is 2.84. The smallest absolute Gasteiger partial charge is 0.159 e. The molecule has 0 radical (unpaired) electrons. The monoisotopic (exact) mass is 247 g/mol. The van der Waals surface area contributed by atoms with Gasteiger partial charge in [0.05, 0.1) is 6.10 Å². The number of benzene rings is 1. The predicted molar refractivity (Wildman–Crippen MR) is 73.1 cm³/mol. The summed E-state index contributed by atoms with van der Waals surface area (Å²) in [6.07, 6.45) is 2.61. The van der Waals surface area contributed by atoms with Crippen molar-refractivity contribution >= 4 is 11.5 Å². The van der Waals surface area contributed by atoms with Gasteiger partial charge >= 0.3 is 0 Å². The summed E-state index contributed by atoms with van der Waals surface area (Å²) < 4.78 is 5.67. The first kappa shape index (κ1) is 13.1. The van der Waals surface area contributed by atoms with E-state index in [2.05, 4.69) is 12.2 Å². The first-order chi connectivity index (χ1) is 8.70. The van der Waals surface area contributed by atoms with Gasteiger partial charge < -0.3 is 10.1 Å². The predicted octanol–water partition coefficient (Wildman–Crippen LogP) is 3.12. The zero-order valence-electron chi connectivity index (χ0n) is 11.1. The van der Waals surface area contributed by atoms with Crippen molar-refractivity contribution in [2.24, 2.45) is 5.92 Å². The molecule has 2 rings (SSSR count). The topological polar surface area (TPSA) is 38.3 Å². The van der Waals surface area contributed by atoms with Crippen LogP contribution in [0.15, 0.2) is 24.3 Å². The number of hydrogen-bond acceptors (Lipinski definition) is 3. The molecule has 3 nitrogen and oxygen atoms in total. The van der Waals surface area contributed by atoms with Crippen LogP contribution in [0.3, 0.4) is 0 Å². The van der Waals surface area contributed by atoms with Crippen molar-refractivity contribution in [1.82, 2.24) is 0 Å². The highest BCUT2D eigenvalue weighted by Gasteiger charge is 2.26. The molecule has 1 saturated heterocycles. The van der Waals surface area contributed by atoms with Crippen LogP contribution >= 0.6 is 0 Å². The highest BCUT2D eigenvalue weighted by Crippen LogP contribution is 2.23. The van der Waals surface area contributed by atoms with E-state index in [1.54, 1.807) is 6.92 Å². The van der Waals surface area contributed by atoms with Gasteiger partial charge in [-0.05, 0) is 44.0 Å². The van der Waals surface area contributed by atoms with Gasteiger partial charge in [0.15, 0.2) is 5.78 Å². The Hall–Kier alpha value is -1.35. The fraction of sp³-hybridized carbons (Fsp3) is 0.533. The number of hydrogen-bond donors (Lipinski definition) is 1. The summed E-state index contributed by atoms with van der Waals surface area (Å²) in [6, 6.07) is 7.67. The lowest BCUT2D eigenvalue weighted by atomic mass is 9.99.